The van der Waals surface area contributed by atoms with E-state index in [0.29, 0.717) is 11.3 Å². The first kappa shape index (κ1) is 26.0. The van der Waals surface area contributed by atoms with Crippen molar-refractivity contribution in [3.63, 3.8) is 0 Å². The van der Waals surface area contributed by atoms with Crippen molar-refractivity contribution < 1.29 is 58.8 Å². The van der Waals surface area contributed by atoms with Crippen LogP contribution in [0.1, 0.15) is 5.82 Å². The van der Waals surface area contributed by atoms with Crippen LogP contribution < -0.4 is 50.1 Å². The molecule has 0 radical (unpaired) electrons. The third-order valence-electron chi connectivity index (χ3n) is 5.31. The molecule has 1 amide bonds. The van der Waals surface area contributed by atoms with Gasteiger partial charge in [0.2, 0.25) is 0 Å². The van der Waals surface area contributed by atoms with Gasteiger partial charge in [0.25, 0.3) is 5.91 Å². The molecule has 1 fully saturated rings. The number of thioether (sulfide) groups is 1. The van der Waals surface area contributed by atoms with E-state index in [1.807, 2.05) is 10.6 Å². The van der Waals surface area contributed by atoms with Gasteiger partial charge in [0.05, 0.1) is 17.9 Å². The second-order valence-electron chi connectivity index (χ2n) is 7.36. The van der Waals surface area contributed by atoms with Crippen LogP contribution in [0.15, 0.2) is 52.1 Å². The van der Waals surface area contributed by atoms with Crippen LogP contribution >= 0.6 is 23.3 Å². The number of oxime groups is 1. The fraction of sp³-hybridized carbons (Fsp3) is 0.263. The van der Waals surface area contributed by atoms with E-state index in [4.69, 9.17) is 5.73 Å². The molecule has 180 valence electrons. The van der Waals surface area contributed by atoms with Crippen molar-refractivity contribution in [2.45, 2.75) is 18.0 Å². The van der Waals surface area contributed by atoms with E-state index in [1.165, 1.54) is 18.9 Å². The number of carbonyl (C=O) groups excluding carboxylic acids is 2. The zero-order valence-electron chi connectivity index (χ0n) is 19.0. The number of β-lactam (4-membered cyclic amide) rings is 1. The van der Waals surface area contributed by atoms with Crippen molar-refractivity contribution in [1.82, 2.24) is 23.9 Å². The summed E-state index contributed by atoms with van der Waals surface area (Å²) in [6.45, 7) is 0.220. The Balaban J connectivity index is 0.00000304. The van der Waals surface area contributed by atoms with Gasteiger partial charge in [-0.15, -0.1) is 16.3 Å². The number of nitrogen functional groups attached to an aromatic ring is 1. The van der Waals surface area contributed by atoms with Gasteiger partial charge in [0.15, 0.2) is 28.9 Å². The van der Waals surface area contributed by atoms with Crippen molar-refractivity contribution >= 4 is 57.6 Å². The number of nitrogens with zero attached hydrogens (tertiary/aromatic N) is 8. The first-order chi connectivity index (χ1) is 16.9. The zero-order chi connectivity index (χ0) is 24.7. The van der Waals surface area contributed by atoms with Gasteiger partial charge in [-0.1, -0.05) is 10.3 Å². The molecule has 14 nitrogen and oxygen atoms in total. The van der Waals surface area contributed by atoms with Gasteiger partial charge in [0.1, 0.15) is 25.2 Å². The minimum atomic E-state index is -1.48. The molecule has 5 heterocycles. The van der Waals surface area contributed by atoms with Crippen LogP contribution in [0, 0.1) is 0 Å². The smallest absolute Gasteiger partial charge is 0.857 e. The van der Waals surface area contributed by atoms with Crippen LogP contribution in [0.25, 0.3) is 5.65 Å². The summed E-state index contributed by atoms with van der Waals surface area (Å²) in [7, 11) is 1.23. The SMILES string of the molecule is CO/N=C(\C([O-])=N[C@@H]1C(=O)N2C(C(=O)[O-])=C(C[n+]3ccn4ncccc43)CS[C@H]12)c1nsc(N)n1.[Na+]. The molecule has 0 bridgehead atoms. The number of hydrogen-bond donors (Lipinski definition) is 1. The summed E-state index contributed by atoms with van der Waals surface area (Å²) >= 11 is 2.16. The maximum absolute atomic E-state index is 12.9. The summed E-state index contributed by atoms with van der Waals surface area (Å²) in [5.74, 6) is -2.77. The molecular weight excluding hydrogens is 521 g/mol. The van der Waals surface area contributed by atoms with E-state index < -0.39 is 29.2 Å². The molecule has 2 N–H and O–H groups in total. The van der Waals surface area contributed by atoms with Crippen molar-refractivity contribution in [3.8, 4) is 0 Å². The molecule has 3 aromatic heterocycles. The Kier molecular flexibility index (Phi) is 7.60. The van der Waals surface area contributed by atoms with Gasteiger partial charge in [-0.05, 0) is 6.07 Å². The van der Waals surface area contributed by atoms with Gasteiger partial charge >= 0.3 is 35.2 Å². The third-order valence-corrected chi connectivity index (χ3v) is 7.18. The quantitative estimate of drug-likeness (QED) is 0.0758. The average molecular weight is 538 g/mol. The Morgan fingerprint density at radius 3 is 2.92 bits per heavy atom. The van der Waals surface area contributed by atoms with Crippen molar-refractivity contribution in [3.05, 3.63) is 47.8 Å². The standard InChI is InChI=1S/C19H17N9O5S2.Na/c1-33-24-11(14-23-19(20)35-25-14)15(29)22-12-16(30)28-13(18(31)32)9(8-34-17(12)28)7-26-5-6-27-10(26)3-2-4-21-27;/h2-6,12,17H,7-8H2,1H3,(H3-,20,22,23,25,29,31,32);/q;+1/p-1/b24-11-;/t12-,17-;/m1./s1. The summed E-state index contributed by atoms with van der Waals surface area (Å²) in [6.07, 6.45) is 5.15. The second kappa shape index (κ2) is 10.5. The molecule has 36 heavy (non-hydrogen) atoms. The molecule has 17 heteroatoms. The number of carboxylic acids is 1. The van der Waals surface area contributed by atoms with Gasteiger partial charge in [-0.25, -0.2) is 4.57 Å². The molecule has 2 atom stereocenters. The van der Waals surface area contributed by atoms with Crippen LogP contribution in [0.2, 0.25) is 0 Å². The molecule has 2 aliphatic heterocycles. The number of nitrogens with two attached hydrogens (primary N) is 1. The minimum absolute atomic E-state index is 0. The fourth-order valence-electron chi connectivity index (χ4n) is 3.82. The summed E-state index contributed by atoms with van der Waals surface area (Å²) in [5, 5.41) is 32.0. The number of imidazole rings is 1. The minimum Gasteiger partial charge on any atom is -0.857 e. The largest absolute Gasteiger partial charge is 1.00 e. The molecule has 0 aliphatic carbocycles. The Morgan fingerprint density at radius 2 is 2.22 bits per heavy atom. The van der Waals surface area contributed by atoms with Crippen LogP contribution in [-0.4, -0.2) is 71.6 Å². The number of rotatable bonds is 7. The molecule has 2 aliphatic rings. The summed E-state index contributed by atoms with van der Waals surface area (Å²) in [5.41, 5.74) is 6.29. The number of carbonyl (C=O) groups is 2. The van der Waals surface area contributed by atoms with Crippen molar-refractivity contribution in [2.24, 2.45) is 10.1 Å². The van der Waals surface area contributed by atoms with E-state index >= 15 is 0 Å². The van der Waals surface area contributed by atoms with Gasteiger partial charge in [0, 0.05) is 34.8 Å². The predicted molar refractivity (Wildman–Crippen MR) is 120 cm³/mol. The molecule has 0 spiro atoms. The number of carboxylic acid groups (broad SMARTS) is 1. The topological polar surface area (TPSA) is 190 Å². The zero-order valence-corrected chi connectivity index (χ0v) is 22.6. The fourth-order valence-corrected chi connectivity index (χ4v) is 5.57. The van der Waals surface area contributed by atoms with Crippen LogP contribution in [0.5, 0.6) is 0 Å². The first-order valence-electron chi connectivity index (χ1n) is 10.0. The average Bonchev–Trinajstić information content (AvgIpc) is 3.46. The number of amides is 1. The molecule has 0 unspecified atom stereocenters. The van der Waals surface area contributed by atoms with Crippen molar-refractivity contribution in [1.29, 1.82) is 0 Å². The second-order valence-corrected chi connectivity index (χ2v) is 9.25. The third kappa shape index (κ3) is 4.57. The summed E-state index contributed by atoms with van der Waals surface area (Å²) in [6, 6.07) is 2.50. The van der Waals surface area contributed by atoms with Gasteiger partial charge < -0.3 is 25.6 Å². The van der Waals surface area contributed by atoms with Crippen LogP contribution in [-0.2, 0) is 21.0 Å². The molecule has 1 saturated heterocycles. The Hall–Kier alpha value is -3.05. The van der Waals surface area contributed by atoms with Gasteiger partial charge in [-0.2, -0.15) is 9.36 Å². The Labute approximate surface area is 233 Å². The molecular formula is C19H16N9NaO5S2. The van der Waals surface area contributed by atoms with Crippen LogP contribution in [0.3, 0.4) is 0 Å². The number of fused-ring (bicyclic) bond motifs is 2. The Bertz CT molecular complexity index is 1440. The van der Waals surface area contributed by atoms with Gasteiger partial charge in [-0.3, -0.25) is 14.7 Å². The number of aliphatic carboxylic acids is 1. The van der Waals surface area contributed by atoms with E-state index in [-0.39, 0.29) is 58.5 Å². The summed E-state index contributed by atoms with van der Waals surface area (Å²) < 4.78 is 7.39. The molecule has 5 rings (SSSR count). The van der Waals surface area contributed by atoms with Crippen LogP contribution in [0.4, 0.5) is 5.13 Å². The normalized spacial score (nSPS) is 20.1. The molecule has 0 saturated carbocycles. The van der Waals surface area contributed by atoms with E-state index in [9.17, 15) is 19.8 Å². The predicted octanol–water partition coefficient (Wildman–Crippen LogP) is -5.84. The van der Waals surface area contributed by atoms with Crippen molar-refractivity contribution in [2.75, 3.05) is 18.6 Å². The first-order valence-corrected chi connectivity index (χ1v) is 11.9. The molecule has 3 aromatic rings. The van der Waals surface area contributed by atoms with E-state index in [2.05, 4.69) is 29.4 Å². The number of aliphatic imine (C=N–C) groups is 1. The summed E-state index contributed by atoms with van der Waals surface area (Å²) in [4.78, 5) is 38.6. The maximum Gasteiger partial charge on any atom is 1.00 e. The van der Waals surface area contributed by atoms with E-state index in [0.717, 1.165) is 22.1 Å². The number of hydrogen-bond acceptors (Lipinski definition) is 13. The monoisotopic (exact) mass is 537 g/mol. The van der Waals surface area contributed by atoms with E-state index in [1.54, 1.807) is 29.2 Å². The maximum atomic E-state index is 12.9. The number of aromatic nitrogens is 5. The Morgan fingerprint density at radius 1 is 1.42 bits per heavy atom. The molecule has 0 aromatic carbocycles. The number of anilines is 1.